The van der Waals surface area contributed by atoms with Gasteiger partial charge in [0.25, 0.3) is 0 Å². The van der Waals surface area contributed by atoms with Gasteiger partial charge in [0, 0.05) is 108 Å². The number of aryl methyl sites for hydroxylation is 2. The molecule has 0 bridgehead atoms. The number of nitrogens with one attached hydrogen (secondary N) is 1. The zero-order valence-corrected chi connectivity index (χ0v) is 45.3. The van der Waals surface area contributed by atoms with Crippen LogP contribution in [-0.4, -0.2) is 166 Å². The van der Waals surface area contributed by atoms with Gasteiger partial charge in [0.1, 0.15) is 28.6 Å². The Bertz CT molecular complexity index is 2770. The van der Waals surface area contributed by atoms with Crippen LogP contribution in [0.1, 0.15) is 88.3 Å². The molecule has 4 saturated heterocycles. The highest BCUT2D eigenvalue weighted by atomic mass is 35.5. The van der Waals surface area contributed by atoms with E-state index in [0.717, 1.165) is 47.6 Å². The normalized spacial score (nSPS) is 20.5. The second-order valence-corrected chi connectivity index (χ2v) is 22.8. The number of nitrogens with two attached hydrogens (primary N) is 1. The van der Waals surface area contributed by atoms with Gasteiger partial charge < -0.3 is 40.9 Å². The van der Waals surface area contributed by atoms with E-state index in [1.165, 1.54) is 16.7 Å². The van der Waals surface area contributed by atoms with Gasteiger partial charge in [0.2, 0.25) is 17.7 Å². The number of rotatable bonds is 17. The molecule has 4 aliphatic heterocycles. The summed E-state index contributed by atoms with van der Waals surface area (Å²) < 4.78 is 3.37. The Hall–Kier alpha value is -5.71. The first-order chi connectivity index (χ1) is 36.1. The molecule has 4 fully saturated rings. The van der Waals surface area contributed by atoms with Crippen molar-refractivity contribution in [1.29, 1.82) is 0 Å². The Morgan fingerprint density at radius 2 is 1.67 bits per heavy atom. The van der Waals surface area contributed by atoms with Crippen LogP contribution in [0.15, 0.2) is 71.1 Å². The standard InChI is InChI=1S/C53H72ClN15O5S/c1-34(2)47(69-30-35(3)61-62-69)52(74)68-31-39(71)28-43(68)50(72)60-40(36-6-8-37(9-7-36)42-10-18-58-63(42)5)14-19-64-24-26-67(27-25-64)51(73)38-12-20-65(21-13-38)49-46(54)44(11-17-56-49)75-45-29-57-48(41(32-70)59-45)66-22-15-53(4,33-55)16-23-66/h6-11,17-18,29-30,34,38-40,43,47,70-71H,12-16,19-28,31-33,55H2,1-5H3,(H,60,72)/t39-,40+,43+,47+/m1/s1. The molecule has 4 atom stereocenters. The summed E-state index contributed by atoms with van der Waals surface area (Å²) in [7, 11) is 1.90. The van der Waals surface area contributed by atoms with Gasteiger partial charge in [-0.1, -0.05) is 73.6 Å². The highest BCUT2D eigenvalue weighted by Gasteiger charge is 2.43. The van der Waals surface area contributed by atoms with Crippen molar-refractivity contribution in [2.24, 2.45) is 30.0 Å². The lowest BCUT2D eigenvalue weighted by molar-refractivity contribution is -0.142. The number of piperidine rings is 2. The molecule has 0 spiro atoms. The number of hydrogen-bond acceptors (Lipinski definition) is 16. The summed E-state index contributed by atoms with van der Waals surface area (Å²) in [4.78, 5) is 67.8. The third kappa shape index (κ3) is 12.3. The van der Waals surface area contributed by atoms with Gasteiger partial charge in [0.05, 0.1) is 41.4 Å². The van der Waals surface area contributed by atoms with Gasteiger partial charge >= 0.3 is 0 Å². The molecule has 5 N–H and O–H groups in total. The molecule has 5 aromatic rings. The Morgan fingerprint density at radius 1 is 0.947 bits per heavy atom. The summed E-state index contributed by atoms with van der Waals surface area (Å²) in [5, 5.41) is 38.2. The lowest BCUT2D eigenvalue weighted by atomic mass is 9.80. The smallest absolute Gasteiger partial charge is 0.248 e. The fraction of sp³-hybridized carbons (Fsp3) is 0.566. The van der Waals surface area contributed by atoms with Crippen molar-refractivity contribution in [1.82, 2.24) is 59.7 Å². The molecular weight excluding hydrogens is 994 g/mol. The van der Waals surface area contributed by atoms with Gasteiger partial charge in [-0.3, -0.25) is 24.0 Å². The maximum absolute atomic E-state index is 14.4. The van der Waals surface area contributed by atoms with Gasteiger partial charge in [-0.05, 0) is 80.2 Å². The van der Waals surface area contributed by atoms with Gasteiger partial charge in [-0.2, -0.15) is 5.10 Å². The summed E-state index contributed by atoms with van der Waals surface area (Å²) in [6.07, 6.45) is 10.1. The maximum Gasteiger partial charge on any atom is 0.248 e. The summed E-state index contributed by atoms with van der Waals surface area (Å²) in [6.45, 7) is 14.6. The van der Waals surface area contributed by atoms with E-state index in [1.807, 2.05) is 73.8 Å². The largest absolute Gasteiger partial charge is 0.391 e. The lowest BCUT2D eigenvalue weighted by Gasteiger charge is -2.39. The van der Waals surface area contributed by atoms with E-state index >= 15 is 0 Å². The fourth-order valence-electron chi connectivity index (χ4n) is 11.0. The van der Waals surface area contributed by atoms with Crippen molar-refractivity contribution in [3.8, 4) is 11.3 Å². The topological polar surface area (TPSA) is 233 Å². The van der Waals surface area contributed by atoms with Crippen molar-refractivity contribution < 1.29 is 24.6 Å². The molecule has 3 amide bonds. The van der Waals surface area contributed by atoms with Crippen LogP contribution in [0.4, 0.5) is 11.6 Å². The predicted octanol–water partition coefficient (Wildman–Crippen LogP) is 4.50. The summed E-state index contributed by atoms with van der Waals surface area (Å²) in [6, 6.07) is 10.0. The molecule has 75 heavy (non-hydrogen) atoms. The SMILES string of the molecule is Cc1cn([C@H](C(=O)N2C[C@H](O)C[C@H]2C(=O)N[C@@H](CCN2CCN(C(=O)C3CCN(c4nccc(Sc5cnc(N6CCC(C)(CN)CC6)c(CO)n5)c4Cl)CC3)CC2)c2ccc(-c3ccnn3C)cc2)C(C)C)nn1. The van der Waals surface area contributed by atoms with Crippen molar-refractivity contribution in [3.05, 3.63) is 83.2 Å². The van der Waals surface area contributed by atoms with E-state index in [4.69, 9.17) is 27.3 Å². The van der Waals surface area contributed by atoms with Crippen molar-refractivity contribution in [2.45, 2.75) is 107 Å². The molecule has 4 aromatic heterocycles. The summed E-state index contributed by atoms with van der Waals surface area (Å²) in [5.74, 6) is 0.712. The quantitative estimate of drug-likeness (QED) is 0.100. The first-order valence-corrected chi connectivity index (χ1v) is 27.6. The van der Waals surface area contributed by atoms with E-state index in [2.05, 4.69) is 47.3 Å². The van der Waals surface area contributed by atoms with Gasteiger partial charge in [-0.25, -0.2) is 19.6 Å². The molecule has 0 aliphatic carbocycles. The Kier molecular flexibility index (Phi) is 17.1. The molecule has 0 radical (unpaired) electrons. The fourth-order valence-corrected chi connectivity index (χ4v) is 12.2. The lowest BCUT2D eigenvalue weighted by Crippen LogP contribution is -2.52. The Balaban J connectivity index is 0.792. The molecule has 0 unspecified atom stereocenters. The minimum absolute atomic E-state index is 0.0506. The third-order valence-electron chi connectivity index (χ3n) is 15.7. The first kappa shape index (κ1) is 54.1. The Labute approximate surface area is 448 Å². The van der Waals surface area contributed by atoms with Crippen molar-refractivity contribution in [3.63, 3.8) is 0 Å². The molecule has 402 valence electrons. The molecule has 8 heterocycles. The second kappa shape index (κ2) is 23.7. The molecule has 9 rings (SSSR count). The molecular formula is C53H72ClN15O5S. The van der Waals surface area contributed by atoms with Gasteiger partial charge in [0.15, 0.2) is 5.82 Å². The van der Waals surface area contributed by atoms with E-state index < -0.39 is 24.2 Å². The molecule has 0 saturated carbocycles. The highest BCUT2D eigenvalue weighted by molar-refractivity contribution is 7.99. The van der Waals surface area contributed by atoms with E-state index in [9.17, 15) is 24.6 Å². The minimum Gasteiger partial charge on any atom is -0.391 e. The minimum atomic E-state index is -0.862. The molecule has 22 heteroatoms. The number of aromatic nitrogens is 8. The van der Waals surface area contributed by atoms with E-state index in [0.29, 0.717) is 105 Å². The van der Waals surface area contributed by atoms with Crippen LogP contribution in [0.2, 0.25) is 5.02 Å². The van der Waals surface area contributed by atoms with Crippen molar-refractivity contribution in [2.75, 3.05) is 81.8 Å². The third-order valence-corrected chi connectivity index (χ3v) is 17.2. The summed E-state index contributed by atoms with van der Waals surface area (Å²) >= 11 is 8.44. The van der Waals surface area contributed by atoms with Crippen LogP contribution in [0.5, 0.6) is 0 Å². The van der Waals surface area contributed by atoms with Crippen molar-refractivity contribution >= 4 is 52.7 Å². The number of halogens is 1. The number of carbonyl (C=O) groups excluding carboxylic acids is 3. The predicted molar refractivity (Wildman–Crippen MR) is 287 cm³/mol. The number of benzene rings is 1. The number of aliphatic hydroxyl groups is 2. The number of amides is 3. The number of likely N-dealkylation sites (tertiary alicyclic amines) is 1. The number of carbonyl (C=O) groups is 3. The van der Waals surface area contributed by atoms with Crippen LogP contribution in [0.3, 0.4) is 0 Å². The van der Waals surface area contributed by atoms with Crippen LogP contribution < -0.4 is 20.9 Å². The average molecular weight is 1070 g/mol. The van der Waals surface area contributed by atoms with Gasteiger partial charge in [-0.15, -0.1) is 5.10 Å². The highest BCUT2D eigenvalue weighted by Crippen LogP contribution is 2.40. The zero-order chi connectivity index (χ0) is 53.0. The van der Waals surface area contributed by atoms with Crippen LogP contribution in [0.25, 0.3) is 11.3 Å². The number of hydrogen-bond donors (Lipinski definition) is 4. The number of aliphatic hydroxyl groups excluding tert-OH is 2. The van der Waals surface area contributed by atoms with Crippen LogP contribution in [-0.2, 0) is 28.0 Å². The monoisotopic (exact) mass is 1070 g/mol. The number of nitrogens with zero attached hydrogens (tertiary/aromatic N) is 13. The number of anilines is 2. The van der Waals surface area contributed by atoms with Crippen LogP contribution >= 0.6 is 23.4 Å². The molecule has 4 aliphatic rings. The van der Waals surface area contributed by atoms with Crippen LogP contribution in [0, 0.1) is 24.2 Å². The van der Waals surface area contributed by atoms with E-state index in [-0.39, 0.29) is 54.5 Å². The summed E-state index contributed by atoms with van der Waals surface area (Å²) in [5.41, 5.74) is 10.2. The Morgan fingerprint density at radius 3 is 2.31 bits per heavy atom. The number of pyridine rings is 1. The average Bonchev–Trinajstić information content (AvgIpc) is 4.17. The number of β-amino-alcohol motifs (C(OH)–C–C–N with tert-alkyl or cyclic N) is 1. The van der Waals surface area contributed by atoms with E-state index in [1.54, 1.807) is 29.5 Å². The number of piperazine rings is 1. The molecule has 20 nitrogen and oxygen atoms in total. The first-order valence-electron chi connectivity index (χ1n) is 26.4. The second-order valence-electron chi connectivity index (χ2n) is 21.4. The maximum atomic E-state index is 14.4. The molecule has 1 aromatic carbocycles. The zero-order valence-electron chi connectivity index (χ0n) is 43.8.